The first kappa shape index (κ1) is 15.9. The number of nitro benzene ring substituents is 1. The Kier molecular flexibility index (Phi) is 6.79. The normalized spacial score (nSPS) is 12.4. The molecule has 3 N–H and O–H groups in total. The van der Waals surface area contributed by atoms with Gasteiger partial charge in [0.15, 0.2) is 0 Å². The highest BCUT2D eigenvalue weighted by molar-refractivity contribution is 7.94. The number of nitrogens with zero attached hydrogens (tertiary/aromatic N) is 1. The van der Waals surface area contributed by atoms with Gasteiger partial charge in [0.25, 0.3) is 5.69 Å². The largest absolute Gasteiger partial charge is 0.396 e. The van der Waals surface area contributed by atoms with Crippen LogP contribution >= 0.6 is 12.0 Å². The van der Waals surface area contributed by atoms with Crippen molar-refractivity contribution in [3.63, 3.8) is 0 Å². The Morgan fingerprint density at radius 1 is 1.53 bits per heavy atom. The molecule has 106 valence electrons. The van der Waals surface area contributed by atoms with Crippen molar-refractivity contribution in [1.82, 2.24) is 0 Å². The molecule has 0 aliphatic rings. The van der Waals surface area contributed by atoms with Crippen molar-refractivity contribution in [1.29, 1.82) is 0 Å². The third-order valence-corrected chi connectivity index (χ3v) is 3.32. The van der Waals surface area contributed by atoms with Crippen molar-refractivity contribution in [2.75, 3.05) is 6.61 Å². The van der Waals surface area contributed by atoms with Gasteiger partial charge in [-0.15, -0.1) is 0 Å². The quantitative estimate of drug-likeness (QED) is 0.250. The van der Waals surface area contributed by atoms with Gasteiger partial charge in [-0.1, -0.05) is 6.07 Å². The fraction of sp³-hybridized carbons (Fsp3) is 0.500. The van der Waals surface area contributed by atoms with E-state index in [-0.39, 0.29) is 12.3 Å². The van der Waals surface area contributed by atoms with E-state index in [9.17, 15) is 10.1 Å². The maximum absolute atomic E-state index is 10.9. The maximum atomic E-state index is 10.9. The number of aliphatic hydroxyl groups excluding tert-OH is 1. The number of rotatable bonds is 8. The number of hydrogen-bond donors (Lipinski definition) is 2. The molecule has 0 amide bonds. The molecule has 19 heavy (non-hydrogen) atoms. The summed E-state index contributed by atoms with van der Waals surface area (Å²) in [6.45, 7) is 1.98. The van der Waals surface area contributed by atoms with E-state index in [1.54, 1.807) is 12.1 Å². The Morgan fingerprint density at radius 2 is 2.26 bits per heavy atom. The number of nitrogens with two attached hydrogens (primary N) is 1. The molecular weight excluding hydrogens is 268 g/mol. The van der Waals surface area contributed by atoms with Crippen LogP contribution in [0.5, 0.6) is 0 Å². The van der Waals surface area contributed by atoms with Crippen LogP contribution in [-0.4, -0.2) is 22.9 Å². The topological polar surface area (TPSA) is 98.6 Å². The second-order valence-electron chi connectivity index (χ2n) is 4.17. The molecule has 6 nitrogen and oxygen atoms in total. The van der Waals surface area contributed by atoms with Gasteiger partial charge in [0.2, 0.25) is 0 Å². The summed E-state index contributed by atoms with van der Waals surface area (Å²) in [5.41, 5.74) is 6.67. The van der Waals surface area contributed by atoms with Crippen LogP contribution in [0, 0.1) is 17.0 Å². The molecule has 0 aromatic heterocycles. The lowest BCUT2D eigenvalue weighted by Gasteiger charge is -2.11. The van der Waals surface area contributed by atoms with E-state index < -0.39 is 11.2 Å². The lowest BCUT2D eigenvalue weighted by atomic mass is 10.2. The van der Waals surface area contributed by atoms with Gasteiger partial charge in [-0.05, 0) is 37.8 Å². The summed E-state index contributed by atoms with van der Waals surface area (Å²) in [4.78, 5) is 10.9. The molecule has 1 atom stereocenters. The van der Waals surface area contributed by atoms with E-state index >= 15 is 0 Å². The van der Waals surface area contributed by atoms with Gasteiger partial charge in [-0.3, -0.25) is 14.3 Å². The Morgan fingerprint density at radius 3 is 2.89 bits per heavy atom. The SMILES string of the molecule is Cc1ccc([N+](=O)[O-])c(SOC(N)CCCCO)c1. The molecule has 0 aliphatic carbocycles. The Bertz CT molecular complexity index is 428. The number of unbranched alkanes of at least 4 members (excludes halogenated alkanes) is 1. The van der Waals surface area contributed by atoms with Gasteiger partial charge < -0.3 is 10.8 Å². The molecule has 1 aromatic rings. The number of nitro groups is 1. The lowest BCUT2D eigenvalue weighted by molar-refractivity contribution is -0.387. The van der Waals surface area contributed by atoms with Crippen molar-refractivity contribution in [2.45, 2.75) is 37.3 Å². The van der Waals surface area contributed by atoms with E-state index in [0.29, 0.717) is 17.7 Å². The summed E-state index contributed by atoms with van der Waals surface area (Å²) in [6.07, 6.45) is 1.53. The second kappa shape index (κ2) is 8.11. The van der Waals surface area contributed by atoms with Gasteiger partial charge in [-0.25, -0.2) is 0 Å². The first-order chi connectivity index (χ1) is 9.04. The molecule has 0 spiro atoms. The van der Waals surface area contributed by atoms with Gasteiger partial charge in [0, 0.05) is 24.7 Å². The average Bonchev–Trinajstić information content (AvgIpc) is 2.36. The molecule has 0 saturated heterocycles. The second-order valence-corrected chi connectivity index (χ2v) is 4.96. The van der Waals surface area contributed by atoms with Crippen LogP contribution < -0.4 is 5.73 Å². The zero-order valence-electron chi connectivity index (χ0n) is 10.7. The van der Waals surface area contributed by atoms with Crippen molar-refractivity contribution in [3.05, 3.63) is 33.9 Å². The molecule has 1 unspecified atom stereocenters. The van der Waals surface area contributed by atoms with E-state index in [1.807, 2.05) is 6.92 Å². The minimum atomic E-state index is -0.503. The van der Waals surface area contributed by atoms with Crippen molar-refractivity contribution in [3.8, 4) is 0 Å². The zero-order chi connectivity index (χ0) is 14.3. The number of hydrogen-bond acceptors (Lipinski definition) is 6. The summed E-state index contributed by atoms with van der Waals surface area (Å²) in [5, 5.41) is 19.5. The van der Waals surface area contributed by atoms with Crippen molar-refractivity contribution in [2.24, 2.45) is 5.73 Å². The van der Waals surface area contributed by atoms with E-state index in [4.69, 9.17) is 15.0 Å². The van der Waals surface area contributed by atoms with Crippen LogP contribution in [0.3, 0.4) is 0 Å². The molecule has 0 aliphatic heterocycles. The van der Waals surface area contributed by atoms with Crippen LogP contribution in [0.2, 0.25) is 0 Å². The molecule has 7 heteroatoms. The number of aryl methyl sites for hydroxylation is 1. The third kappa shape index (κ3) is 5.56. The summed E-state index contributed by atoms with van der Waals surface area (Å²) in [5.74, 6) is 0. The van der Waals surface area contributed by atoms with Crippen LogP contribution in [0.15, 0.2) is 23.1 Å². The standard InChI is InChI=1S/C12H18N2O4S/c1-9-5-6-10(14(16)17)11(8-9)19-18-12(13)4-2-3-7-15/h5-6,8,12,15H,2-4,7,13H2,1H3. The molecule has 0 saturated carbocycles. The smallest absolute Gasteiger partial charge is 0.285 e. The first-order valence-electron chi connectivity index (χ1n) is 5.99. The fourth-order valence-electron chi connectivity index (χ4n) is 1.46. The zero-order valence-corrected chi connectivity index (χ0v) is 11.6. The highest BCUT2D eigenvalue weighted by Crippen LogP contribution is 2.31. The predicted octanol–water partition coefficient (Wildman–Crippen LogP) is 2.37. The average molecular weight is 286 g/mol. The van der Waals surface area contributed by atoms with Gasteiger partial charge in [0.05, 0.1) is 4.92 Å². The Labute approximate surface area is 116 Å². The Hall–Kier alpha value is -1.15. The molecule has 0 heterocycles. The van der Waals surface area contributed by atoms with Crippen LogP contribution in [-0.2, 0) is 4.18 Å². The highest BCUT2D eigenvalue weighted by atomic mass is 32.2. The van der Waals surface area contributed by atoms with Crippen molar-refractivity contribution >= 4 is 17.7 Å². The minimum absolute atomic E-state index is 0.0122. The van der Waals surface area contributed by atoms with Gasteiger partial charge in [0.1, 0.15) is 11.1 Å². The predicted molar refractivity (Wildman–Crippen MR) is 73.7 cm³/mol. The highest BCUT2D eigenvalue weighted by Gasteiger charge is 2.16. The molecule has 0 bridgehead atoms. The van der Waals surface area contributed by atoms with E-state index in [2.05, 4.69) is 0 Å². The monoisotopic (exact) mass is 286 g/mol. The van der Waals surface area contributed by atoms with Gasteiger partial charge >= 0.3 is 0 Å². The third-order valence-electron chi connectivity index (χ3n) is 2.47. The fourth-order valence-corrected chi connectivity index (χ4v) is 2.24. The maximum Gasteiger partial charge on any atom is 0.285 e. The van der Waals surface area contributed by atoms with Crippen LogP contribution in [0.25, 0.3) is 0 Å². The summed E-state index contributed by atoms with van der Waals surface area (Å²) < 4.78 is 5.33. The molecule has 1 aromatic carbocycles. The molecule has 0 fully saturated rings. The van der Waals surface area contributed by atoms with Gasteiger partial charge in [-0.2, -0.15) is 0 Å². The summed E-state index contributed by atoms with van der Waals surface area (Å²) >= 11 is 0.927. The van der Waals surface area contributed by atoms with E-state index in [0.717, 1.165) is 24.0 Å². The Balaban J connectivity index is 2.56. The van der Waals surface area contributed by atoms with Crippen LogP contribution in [0.4, 0.5) is 5.69 Å². The molecular formula is C12H18N2O4S. The number of aliphatic hydroxyl groups is 1. The van der Waals surface area contributed by atoms with Crippen LogP contribution in [0.1, 0.15) is 24.8 Å². The first-order valence-corrected chi connectivity index (χ1v) is 6.73. The minimum Gasteiger partial charge on any atom is -0.396 e. The lowest BCUT2D eigenvalue weighted by Crippen LogP contribution is -2.20. The van der Waals surface area contributed by atoms with E-state index in [1.165, 1.54) is 6.07 Å². The number of benzene rings is 1. The summed E-state index contributed by atoms with van der Waals surface area (Å²) in [7, 11) is 0. The molecule has 1 rings (SSSR count). The molecule has 0 radical (unpaired) electrons. The summed E-state index contributed by atoms with van der Waals surface area (Å²) in [6, 6.07) is 4.84. The van der Waals surface area contributed by atoms with Crippen molar-refractivity contribution < 1.29 is 14.2 Å².